The number of rotatable bonds is 1. The molecule has 0 aliphatic carbocycles. The van der Waals surface area contributed by atoms with Gasteiger partial charge in [-0.25, -0.2) is 0 Å². The maximum Gasteiger partial charge on any atom is 0.0780 e. The molecule has 2 heteroatoms. The van der Waals surface area contributed by atoms with Crippen LogP contribution in [0.5, 0.6) is 0 Å². The molecular formula is C11H16OSi. The van der Waals surface area contributed by atoms with Crippen LogP contribution in [0, 0.1) is 0 Å². The smallest absolute Gasteiger partial charge is 0.0780 e. The third kappa shape index (κ3) is 1.56. The molecule has 0 atom stereocenters. The molecule has 13 heavy (non-hydrogen) atoms. The molecule has 0 spiro atoms. The Morgan fingerprint density at radius 1 is 1.15 bits per heavy atom. The van der Waals surface area contributed by atoms with E-state index in [2.05, 4.69) is 37.8 Å². The third-order valence-electron chi connectivity index (χ3n) is 2.59. The number of benzene rings is 1. The van der Waals surface area contributed by atoms with Crippen molar-refractivity contribution >= 4 is 13.3 Å². The first-order chi connectivity index (χ1) is 6.09. The summed E-state index contributed by atoms with van der Waals surface area (Å²) in [5.74, 6) is 0. The Hall–Kier alpha value is -0.603. The zero-order chi connectivity index (χ0) is 9.47. The molecule has 1 aromatic rings. The molecule has 0 N–H and O–H groups in total. The van der Waals surface area contributed by atoms with Crippen LogP contribution in [0.4, 0.5) is 0 Å². The van der Waals surface area contributed by atoms with E-state index in [1.54, 1.807) is 5.19 Å². The second-order valence-corrected chi connectivity index (χ2v) is 9.72. The fraction of sp³-hybridized carbons (Fsp3) is 0.455. The van der Waals surface area contributed by atoms with Gasteiger partial charge in [0, 0.05) is 0 Å². The SMILES string of the molecule is C[Si](C)(C)c1cccc2c1COC2. The van der Waals surface area contributed by atoms with Crippen LogP contribution in [-0.4, -0.2) is 8.07 Å². The normalized spacial score (nSPS) is 15.9. The minimum absolute atomic E-state index is 0.813. The highest BCUT2D eigenvalue weighted by Gasteiger charge is 2.24. The standard InChI is InChI=1S/C11H16OSi/c1-13(2,3)11-6-4-5-9-7-12-8-10(9)11/h4-6H,7-8H2,1-3H3. The summed E-state index contributed by atoms with van der Waals surface area (Å²) in [6, 6.07) is 6.63. The molecule has 0 saturated carbocycles. The summed E-state index contributed by atoms with van der Waals surface area (Å²) < 4.78 is 5.47. The van der Waals surface area contributed by atoms with Gasteiger partial charge in [-0.3, -0.25) is 0 Å². The first-order valence-electron chi connectivity index (χ1n) is 4.78. The zero-order valence-corrected chi connectivity index (χ0v) is 9.55. The highest BCUT2D eigenvalue weighted by atomic mass is 28.3. The van der Waals surface area contributed by atoms with Gasteiger partial charge in [-0.15, -0.1) is 0 Å². The van der Waals surface area contributed by atoms with Gasteiger partial charge in [-0.05, 0) is 11.1 Å². The molecule has 1 aliphatic heterocycles. The molecule has 70 valence electrons. The van der Waals surface area contributed by atoms with Gasteiger partial charge in [0.2, 0.25) is 0 Å². The van der Waals surface area contributed by atoms with E-state index in [0.29, 0.717) is 0 Å². The molecule has 0 unspecified atom stereocenters. The minimum atomic E-state index is -1.17. The van der Waals surface area contributed by atoms with E-state index in [0.717, 1.165) is 13.2 Å². The summed E-state index contributed by atoms with van der Waals surface area (Å²) in [6.45, 7) is 8.81. The van der Waals surface area contributed by atoms with Crippen molar-refractivity contribution in [1.29, 1.82) is 0 Å². The molecule has 0 bridgehead atoms. The second kappa shape index (κ2) is 2.96. The molecule has 0 aromatic heterocycles. The summed E-state index contributed by atoms with van der Waals surface area (Å²) in [6.07, 6.45) is 0. The van der Waals surface area contributed by atoms with E-state index in [9.17, 15) is 0 Å². The molecule has 0 radical (unpaired) electrons. The summed E-state index contributed by atoms with van der Waals surface area (Å²) in [4.78, 5) is 0. The summed E-state index contributed by atoms with van der Waals surface area (Å²) in [5, 5.41) is 1.57. The molecule has 0 saturated heterocycles. The second-order valence-electron chi connectivity index (χ2n) is 4.69. The first kappa shape index (κ1) is 8.97. The highest BCUT2D eigenvalue weighted by molar-refractivity contribution is 6.89. The molecule has 1 nitrogen and oxygen atoms in total. The number of ether oxygens (including phenoxy) is 1. The van der Waals surface area contributed by atoms with Gasteiger partial charge in [0.05, 0.1) is 21.3 Å². The lowest BCUT2D eigenvalue weighted by atomic mass is 10.1. The largest absolute Gasteiger partial charge is 0.372 e. The fourth-order valence-electron chi connectivity index (χ4n) is 1.91. The average Bonchev–Trinajstić information content (AvgIpc) is 2.48. The number of fused-ring (bicyclic) bond motifs is 1. The van der Waals surface area contributed by atoms with E-state index >= 15 is 0 Å². The Kier molecular flexibility index (Phi) is 2.04. The molecular weight excluding hydrogens is 176 g/mol. The van der Waals surface area contributed by atoms with Gasteiger partial charge in [0.1, 0.15) is 0 Å². The molecule has 1 aromatic carbocycles. The van der Waals surface area contributed by atoms with E-state index in [1.165, 1.54) is 11.1 Å². The van der Waals surface area contributed by atoms with E-state index in [1.807, 2.05) is 0 Å². The topological polar surface area (TPSA) is 9.23 Å². The Bertz CT molecular complexity index is 325. The van der Waals surface area contributed by atoms with Gasteiger partial charge < -0.3 is 4.74 Å². The number of hydrogen-bond acceptors (Lipinski definition) is 1. The third-order valence-corrected chi connectivity index (χ3v) is 4.67. The fourth-order valence-corrected chi connectivity index (χ4v) is 3.64. The Morgan fingerprint density at radius 2 is 1.92 bits per heavy atom. The first-order valence-corrected chi connectivity index (χ1v) is 8.28. The van der Waals surface area contributed by atoms with Crippen molar-refractivity contribution in [3.63, 3.8) is 0 Å². The molecule has 1 aliphatic rings. The molecule has 2 rings (SSSR count). The Morgan fingerprint density at radius 3 is 2.62 bits per heavy atom. The minimum Gasteiger partial charge on any atom is -0.372 e. The van der Waals surface area contributed by atoms with Crippen LogP contribution in [0.25, 0.3) is 0 Å². The zero-order valence-electron chi connectivity index (χ0n) is 8.55. The van der Waals surface area contributed by atoms with Crippen LogP contribution in [0.3, 0.4) is 0 Å². The van der Waals surface area contributed by atoms with Gasteiger partial charge in [-0.2, -0.15) is 0 Å². The summed E-state index contributed by atoms with van der Waals surface area (Å²) >= 11 is 0. The van der Waals surface area contributed by atoms with E-state index < -0.39 is 8.07 Å². The van der Waals surface area contributed by atoms with Gasteiger partial charge in [0.15, 0.2) is 0 Å². The highest BCUT2D eigenvalue weighted by Crippen LogP contribution is 2.20. The van der Waals surface area contributed by atoms with Gasteiger partial charge in [-0.1, -0.05) is 43.0 Å². The van der Waals surface area contributed by atoms with Gasteiger partial charge >= 0.3 is 0 Å². The predicted molar refractivity (Wildman–Crippen MR) is 57.9 cm³/mol. The lowest BCUT2D eigenvalue weighted by molar-refractivity contribution is 0.135. The number of hydrogen-bond donors (Lipinski definition) is 0. The van der Waals surface area contributed by atoms with Crippen molar-refractivity contribution in [2.24, 2.45) is 0 Å². The van der Waals surface area contributed by atoms with Crippen molar-refractivity contribution in [3.05, 3.63) is 29.3 Å². The summed E-state index contributed by atoms with van der Waals surface area (Å²) in [5.41, 5.74) is 2.88. The van der Waals surface area contributed by atoms with Crippen molar-refractivity contribution in [3.8, 4) is 0 Å². The monoisotopic (exact) mass is 192 g/mol. The van der Waals surface area contributed by atoms with Crippen molar-refractivity contribution in [2.45, 2.75) is 32.9 Å². The van der Waals surface area contributed by atoms with Crippen molar-refractivity contribution in [2.75, 3.05) is 0 Å². The molecule has 1 heterocycles. The van der Waals surface area contributed by atoms with Crippen molar-refractivity contribution < 1.29 is 4.74 Å². The van der Waals surface area contributed by atoms with Crippen LogP contribution >= 0.6 is 0 Å². The van der Waals surface area contributed by atoms with Crippen LogP contribution in [0.2, 0.25) is 19.6 Å². The van der Waals surface area contributed by atoms with Crippen LogP contribution in [0.1, 0.15) is 11.1 Å². The summed E-state index contributed by atoms with van der Waals surface area (Å²) in [7, 11) is -1.17. The maximum absolute atomic E-state index is 5.47. The van der Waals surface area contributed by atoms with Crippen molar-refractivity contribution in [1.82, 2.24) is 0 Å². The van der Waals surface area contributed by atoms with Gasteiger partial charge in [0.25, 0.3) is 0 Å². The Balaban J connectivity index is 2.54. The molecule has 0 fully saturated rings. The average molecular weight is 192 g/mol. The maximum atomic E-state index is 5.47. The molecule has 0 amide bonds. The van der Waals surface area contributed by atoms with Crippen LogP contribution in [0.15, 0.2) is 18.2 Å². The quantitative estimate of drug-likeness (QED) is 0.620. The van der Waals surface area contributed by atoms with E-state index in [-0.39, 0.29) is 0 Å². The van der Waals surface area contributed by atoms with Crippen LogP contribution < -0.4 is 5.19 Å². The predicted octanol–water partition coefficient (Wildman–Crippen LogP) is 2.26. The Labute approximate surface area is 80.7 Å². The van der Waals surface area contributed by atoms with E-state index in [4.69, 9.17) is 4.74 Å². The lowest BCUT2D eigenvalue weighted by Gasteiger charge is -2.19. The van der Waals surface area contributed by atoms with Crippen LogP contribution in [-0.2, 0) is 18.0 Å². The lowest BCUT2D eigenvalue weighted by Crippen LogP contribution is -2.40.